The first-order valence-electron chi connectivity index (χ1n) is 4.17. The Hall–Kier alpha value is -2.17. The van der Waals surface area contributed by atoms with Crippen molar-refractivity contribution in [1.29, 1.82) is 0 Å². The van der Waals surface area contributed by atoms with Crippen LogP contribution in [0.25, 0.3) is 11.1 Å². The molecule has 0 spiro atoms. The molecule has 2 heterocycles. The fourth-order valence-electron chi connectivity index (χ4n) is 1.22. The molecule has 2 aromatic rings. The van der Waals surface area contributed by atoms with Crippen molar-refractivity contribution in [3.05, 3.63) is 29.7 Å². The molecule has 2 rings (SSSR count). The van der Waals surface area contributed by atoms with Crippen LogP contribution in [-0.2, 0) is 4.74 Å². The van der Waals surface area contributed by atoms with E-state index in [0.717, 1.165) is 0 Å². The van der Waals surface area contributed by atoms with Crippen LogP contribution >= 0.6 is 0 Å². The highest BCUT2D eigenvalue weighted by molar-refractivity contribution is 5.92. The molecule has 15 heavy (non-hydrogen) atoms. The van der Waals surface area contributed by atoms with Crippen LogP contribution in [0.5, 0.6) is 0 Å². The molecule has 0 radical (unpaired) electrons. The number of nitrogens with zero attached hydrogens (tertiary/aromatic N) is 1. The SMILES string of the molecule is COC(=O)c1cc2cc(C=O)cnc2o1. The molecular formula is C10H7NO4. The molecule has 0 unspecified atom stereocenters. The standard InChI is InChI=1S/C10H7NO4/c1-14-10(13)8-3-7-2-6(5-12)4-11-9(7)15-8/h2-5H,1H3. The van der Waals surface area contributed by atoms with E-state index in [2.05, 4.69) is 9.72 Å². The Balaban J connectivity index is 2.55. The van der Waals surface area contributed by atoms with Gasteiger partial charge in [-0.15, -0.1) is 0 Å². The first-order valence-corrected chi connectivity index (χ1v) is 4.17. The molecule has 0 saturated heterocycles. The smallest absolute Gasteiger partial charge is 0.374 e. The molecular weight excluding hydrogens is 198 g/mol. The lowest BCUT2D eigenvalue weighted by atomic mass is 10.2. The molecule has 0 aliphatic rings. The van der Waals surface area contributed by atoms with Crippen molar-refractivity contribution in [3.63, 3.8) is 0 Å². The van der Waals surface area contributed by atoms with Crippen LogP contribution in [0.4, 0.5) is 0 Å². The summed E-state index contributed by atoms with van der Waals surface area (Å²) in [6.45, 7) is 0. The zero-order chi connectivity index (χ0) is 10.8. The van der Waals surface area contributed by atoms with Gasteiger partial charge in [0.2, 0.25) is 11.5 Å². The summed E-state index contributed by atoms with van der Waals surface area (Å²) in [5.41, 5.74) is 0.737. The lowest BCUT2D eigenvalue weighted by molar-refractivity contribution is 0.0567. The number of fused-ring (bicyclic) bond motifs is 1. The monoisotopic (exact) mass is 205 g/mol. The number of rotatable bonds is 2. The van der Waals surface area contributed by atoms with E-state index in [9.17, 15) is 9.59 Å². The summed E-state index contributed by atoms with van der Waals surface area (Å²) in [6, 6.07) is 3.08. The lowest BCUT2D eigenvalue weighted by Gasteiger charge is -1.90. The van der Waals surface area contributed by atoms with Crippen LogP contribution in [0.15, 0.2) is 22.7 Å². The second-order valence-corrected chi connectivity index (χ2v) is 2.88. The van der Waals surface area contributed by atoms with Crippen molar-refractivity contribution in [2.45, 2.75) is 0 Å². The first kappa shape index (κ1) is 9.39. The zero-order valence-corrected chi connectivity index (χ0v) is 7.89. The fourth-order valence-corrected chi connectivity index (χ4v) is 1.22. The van der Waals surface area contributed by atoms with Crippen molar-refractivity contribution in [2.75, 3.05) is 7.11 Å². The second-order valence-electron chi connectivity index (χ2n) is 2.88. The maximum Gasteiger partial charge on any atom is 0.374 e. The van der Waals surface area contributed by atoms with Crippen LogP contribution < -0.4 is 0 Å². The average Bonchev–Trinajstić information content (AvgIpc) is 2.70. The number of carbonyl (C=O) groups is 2. The molecule has 5 heteroatoms. The molecule has 0 aromatic carbocycles. The van der Waals surface area contributed by atoms with Gasteiger partial charge in [0.05, 0.1) is 7.11 Å². The van der Waals surface area contributed by atoms with Crippen molar-refractivity contribution >= 4 is 23.4 Å². The largest absolute Gasteiger partial charge is 0.463 e. The number of pyridine rings is 1. The number of methoxy groups -OCH3 is 1. The Labute approximate surface area is 84.7 Å². The van der Waals surface area contributed by atoms with E-state index in [-0.39, 0.29) is 5.76 Å². The van der Waals surface area contributed by atoms with Crippen molar-refractivity contribution < 1.29 is 18.7 Å². The lowest BCUT2D eigenvalue weighted by Crippen LogP contribution is -1.97. The maximum atomic E-state index is 11.1. The molecule has 0 aliphatic carbocycles. The highest BCUT2D eigenvalue weighted by atomic mass is 16.5. The van der Waals surface area contributed by atoms with Crippen molar-refractivity contribution in [1.82, 2.24) is 4.98 Å². The third-order valence-electron chi connectivity index (χ3n) is 1.92. The van der Waals surface area contributed by atoms with E-state index >= 15 is 0 Å². The minimum Gasteiger partial charge on any atom is -0.463 e. The molecule has 0 amide bonds. The Morgan fingerprint density at radius 2 is 2.33 bits per heavy atom. The number of carbonyl (C=O) groups excluding carboxylic acids is 2. The molecule has 76 valence electrons. The Morgan fingerprint density at radius 3 is 3.00 bits per heavy atom. The van der Waals surface area contributed by atoms with Gasteiger partial charge in [0.15, 0.2) is 6.29 Å². The van der Waals surface area contributed by atoms with E-state index in [0.29, 0.717) is 22.9 Å². The fraction of sp³-hybridized carbons (Fsp3) is 0.100. The predicted octanol–water partition coefficient (Wildman–Crippen LogP) is 1.43. The number of aldehydes is 1. The molecule has 0 fully saturated rings. The van der Waals surface area contributed by atoms with Crippen LogP contribution in [-0.4, -0.2) is 24.3 Å². The van der Waals surface area contributed by atoms with Gasteiger partial charge >= 0.3 is 5.97 Å². The van der Waals surface area contributed by atoms with Crippen LogP contribution in [0.2, 0.25) is 0 Å². The summed E-state index contributed by atoms with van der Waals surface area (Å²) in [6.07, 6.45) is 2.05. The maximum absolute atomic E-state index is 11.1. The normalized spacial score (nSPS) is 10.2. The van der Waals surface area contributed by atoms with E-state index in [4.69, 9.17) is 4.42 Å². The minimum absolute atomic E-state index is 0.0723. The van der Waals surface area contributed by atoms with E-state index in [1.807, 2.05) is 0 Å². The van der Waals surface area contributed by atoms with Crippen LogP contribution in [0.3, 0.4) is 0 Å². The molecule has 0 atom stereocenters. The number of hydrogen-bond acceptors (Lipinski definition) is 5. The molecule has 0 saturated carbocycles. The van der Waals surface area contributed by atoms with Crippen LogP contribution in [0, 0.1) is 0 Å². The van der Waals surface area contributed by atoms with Gasteiger partial charge in [-0.2, -0.15) is 0 Å². The Bertz CT molecular complexity index is 529. The number of esters is 1. The van der Waals surface area contributed by atoms with Gasteiger partial charge in [-0.05, 0) is 6.07 Å². The van der Waals surface area contributed by atoms with Gasteiger partial charge in [0.1, 0.15) is 0 Å². The van der Waals surface area contributed by atoms with Gasteiger partial charge in [-0.1, -0.05) is 0 Å². The van der Waals surface area contributed by atoms with Gasteiger partial charge in [-0.25, -0.2) is 9.78 Å². The van der Waals surface area contributed by atoms with Gasteiger partial charge in [0.25, 0.3) is 0 Å². The van der Waals surface area contributed by atoms with Crippen molar-refractivity contribution in [3.8, 4) is 0 Å². The van der Waals surface area contributed by atoms with Gasteiger partial charge in [0, 0.05) is 23.2 Å². The molecule has 0 bridgehead atoms. The zero-order valence-electron chi connectivity index (χ0n) is 7.89. The molecule has 0 aliphatic heterocycles. The third-order valence-corrected chi connectivity index (χ3v) is 1.92. The van der Waals surface area contributed by atoms with E-state index in [1.54, 1.807) is 6.07 Å². The summed E-state index contributed by atoms with van der Waals surface area (Å²) in [4.78, 5) is 25.5. The Morgan fingerprint density at radius 1 is 1.53 bits per heavy atom. The van der Waals surface area contributed by atoms with Gasteiger partial charge < -0.3 is 9.15 Å². The van der Waals surface area contributed by atoms with Crippen LogP contribution in [0.1, 0.15) is 20.9 Å². The number of ether oxygens (including phenoxy) is 1. The summed E-state index contributed by atoms with van der Waals surface area (Å²) in [5, 5.41) is 0.597. The first-order chi connectivity index (χ1) is 7.24. The van der Waals surface area contributed by atoms with E-state index < -0.39 is 5.97 Å². The van der Waals surface area contributed by atoms with Gasteiger partial charge in [-0.3, -0.25) is 4.79 Å². The van der Waals surface area contributed by atoms with Crippen molar-refractivity contribution in [2.24, 2.45) is 0 Å². The summed E-state index contributed by atoms with van der Waals surface area (Å²) in [5.74, 6) is -0.497. The van der Waals surface area contributed by atoms with E-state index in [1.165, 1.54) is 19.4 Å². The summed E-state index contributed by atoms with van der Waals surface area (Å²) >= 11 is 0. The Kier molecular flexibility index (Phi) is 2.21. The average molecular weight is 205 g/mol. The highest BCUT2D eigenvalue weighted by Gasteiger charge is 2.13. The predicted molar refractivity (Wildman–Crippen MR) is 50.7 cm³/mol. The number of hydrogen-bond donors (Lipinski definition) is 0. The molecule has 0 N–H and O–H groups in total. The minimum atomic E-state index is -0.569. The third kappa shape index (κ3) is 1.59. The molecule has 2 aromatic heterocycles. The number of furan rings is 1. The molecule has 5 nitrogen and oxygen atoms in total. The number of aromatic nitrogens is 1. The summed E-state index contributed by atoms with van der Waals surface area (Å²) < 4.78 is 9.61. The highest BCUT2D eigenvalue weighted by Crippen LogP contribution is 2.18. The topological polar surface area (TPSA) is 69.4 Å². The second kappa shape index (κ2) is 3.53. The quantitative estimate of drug-likeness (QED) is 0.547. The summed E-state index contributed by atoms with van der Waals surface area (Å²) in [7, 11) is 1.26.